The molecule has 3 heteroatoms. The zero-order valence-corrected chi connectivity index (χ0v) is 8.28. The van der Waals surface area contributed by atoms with Crippen LogP contribution >= 0.6 is 23.4 Å². The van der Waals surface area contributed by atoms with Gasteiger partial charge in [-0.2, -0.15) is 0 Å². The van der Waals surface area contributed by atoms with Crippen molar-refractivity contribution >= 4 is 28.5 Å². The molecule has 64 valence electrons. The molecule has 1 nitrogen and oxygen atoms in total. The summed E-state index contributed by atoms with van der Waals surface area (Å²) in [4.78, 5) is 12.0. The molecule has 0 saturated heterocycles. The van der Waals surface area contributed by atoms with Crippen molar-refractivity contribution in [1.29, 1.82) is 0 Å². The second kappa shape index (κ2) is 4.53. The quantitative estimate of drug-likeness (QED) is 0.540. The molecule has 0 fully saturated rings. The number of carbonyl (C=O) groups is 1. The van der Waals surface area contributed by atoms with Gasteiger partial charge in [-0.15, -0.1) is 11.6 Å². The molecule has 0 N–H and O–H groups in total. The Morgan fingerprint density at radius 3 is 2.75 bits per heavy atom. The number of benzene rings is 1. The van der Waals surface area contributed by atoms with Gasteiger partial charge in [-0.05, 0) is 18.6 Å². The van der Waals surface area contributed by atoms with E-state index in [0.29, 0.717) is 0 Å². The Kier molecular flexibility index (Phi) is 3.63. The molecule has 0 radical (unpaired) electrons. The van der Waals surface area contributed by atoms with Gasteiger partial charge < -0.3 is 0 Å². The maximum absolute atomic E-state index is 11.0. The van der Waals surface area contributed by atoms with Crippen LogP contribution in [0.2, 0.25) is 0 Å². The molecule has 0 unspecified atom stereocenters. The molecule has 1 rings (SSSR count). The lowest BCUT2D eigenvalue weighted by Crippen LogP contribution is -1.92. The van der Waals surface area contributed by atoms with Gasteiger partial charge in [0.1, 0.15) is 0 Å². The summed E-state index contributed by atoms with van der Waals surface area (Å²) in [6.07, 6.45) is 0. The monoisotopic (exact) mass is 200 g/mol. The third-order valence-corrected chi connectivity index (χ3v) is 2.88. The molecule has 0 bridgehead atoms. The van der Waals surface area contributed by atoms with Crippen LogP contribution in [0.25, 0.3) is 0 Å². The van der Waals surface area contributed by atoms with Crippen molar-refractivity contribution in [2.75, 3.05) is 5.88 Å². The Morgan fingerprint density at radius 2 is 2.17 bits per heavy atom. The summed E-state index contributed by atoms with van der Waals surface area (Å²) in [5, 5.41) is -0.00836. The van der Waals surface area contributed by atoms with Gasteiger partial charge in [0.2, 0.25) is 5.12 Å². The van der Waals surface area contributed by atoms with Crippen LogP contribution in [-0.2, 0) is 4.79 Å². The second-order valence-corrected chi connectivity index (χ2v) is 3.74. The van der Waals surface area contributed by atoms with Gasteiger partial charge in [-0.25, -0.2) is 0 Å². The summed E-state index contributed by atoms with van der Waals surface area (Å²) in [5.74, 6) is 0.0685. The molecular weight excluding hydrogens is 192 g/mol. The minimum atomic E-state index is -0.00836. The van der Waals surface area contributed by atoms with Crippen molar-refractivity contribution in [2.24, 2.45) is 0 Å². The van der Waals surface area contributed by atoms with E-state index in [1.807, 2.05) is 31.2 Å². The van der Waals surface area contributed by atoms with Gasteiger partial charge >= 0.3 is 0 Å². The Bertz CT molecular complexity index is 286. The summed E-state index contributed by atoms with van der Waals surface area (Å²) in [7, 11) is 0. The van der Waals surface area contributed by atoms with Gasteiger partial charge in [-0.3, -0.25) is 4.79 Å². The average molecular weight is 201 g/mol. The summed E-state index contributed by atoms with van der Waals surface area (Å²) >= 11 is 6.58. The van der Waals surface area contributed by atoms with Gasteiger partial charge in [0, 0.05) is 4.90 Å². The van der Waals surface area contributed by atoms with Crippen LogP contribution in [0, 0.1) is 6.92 Å². The first kappa shape index (κ1) is 9.62. The van der Waals surface area contributed by atoms with E-state index in [1.165, 1.54) is 11.8 Å². The van der Waals surface area contributed by atoms with Crippen LogP contribution in [0.3, 0.4) is 0 Å². The van der Waals surface area contributed by atoms with Crippen molar-refractivity contribution in [1.82, 2.24) is 0 Å². The number of thioether (sulfide) groups is 1. The summed E-state index contributed by atoms with van der Waals surface area (Å²) in [6, 6.07) is 7.76. The van der Waals surface area contributed by atoms with Crippen LogP contribution in [-0.4, -0.2) is 11.0 Å². The van der Waals surface area contributed by atoms with Crippen LogP contribution in [0.1, 0.15) is 5.56 Å². The van der Waals surface area contributed by atoms with E-state index in [-0.39, 0.29) is 11.0 Å². The lowest BCUT2D eigenvalue weighted by Gasteiger charge is -2.00. The number of aryl methyl sites for hydroxylation is 1. The van der Waals surface area contributed by atoms with Gasteiger partial charge in [0.05, 0.1) is 5.88 Å². The standard InChI is InChI=1S/C9H9ClOS/c1-7-4-2-3-5-8(7)12-9(11)6-10/h2-5H,6H2,1H3. The number of carbonyl (C=O) groups excluding carboxylic acids is 1. The Labute approximate surface area is 81.1 Å². The fraction of sp³-hybridized carbons (Fsp3) is 0.222. The van der Waals surface area contributed by atoms with Crippen LogP contribution in [0.4, 0.5) is 0 Å². The molecule has 0 saturated carbocycles. The van der Waals surface area contributed by atoms with Crippen molar-refractivity contribution in [3.63, 3.8) is 0 Å². The molecular formula is C9H9ClOS. The van der Waals surface area contributed by atoms with E-state index in [2.05, 4.69) is 0 Å². The number of hydrogen-bond donors (Lipinski definition) is 0. The number of rotatable bonds is 2. The molecule has 0 atom stereocenters. The van der Waals surface area contributed by atoms with Crippen LogP contribution < -0.4 is 0 Å². The number of hydrogen-bond acceptors (Lipinski definition) is 2. The van der Waals surface area contributed by atoms with Crippen LogP contribution in [0.15, 0.2) is 29.2 Å². The maximum atomic E-state index is 11.0. The molecule has 0 aromatic heterocycles. The molecule has 0 spiro atoms. The molecule has 1 aromatic rings. The SMILES string of the molecule is Cc1ccccc1SC(=O)CCl. The lowest BCUT2D eigenvalue weighted by molar-refractivity contribution is -0.108. The fourth-order valence-corrected chi connectivity index (χ4v) is 1.66. The predicted molar refractivity (Wildman–Crippen MR) is 52.8 cm³/mol. The van der Waals surface area contributed by atoms with Gasteiger partial charge in [0.15, 0.2) is 0 Å². The largest absolute Gasteiger partial charge is 0.285 e. The normalized spacial score (nSPS) is 9.83. The van der Waals surface area contributed by atoms with E-state index in [1.54, 1.807) is 0 Å². The maximum Gasteiger partial charge on any atom is 0.208 e. The van der Waals surface area contributed by atoms with Gasteiger partial charge in [0.25, 0.3) is 0 Å². The van der Waals surface area contributed by atoms with Gasteiger partial charge in [-0.1, -0.05) is 30.0 Å². The molecule has 0 aliphatic heterocycles. The predicted octanol–water partition coefficient (Wildman–Crippen LogP) is 2.85. The Balaban J connectivity index is 2.75. The van der Waals surface area contributed by atoms with Crippen molar-refractivity contribution in [2.45, 2.75) is 11.8 Å². The fourth-order valence-electron chi connectivity index (χ4n) is 0.821. The summed E-state index contributed by atoms with van der Waals surface area (Å²) < 4.78 is 0. The first-order chi connectivity index (χ1) is 5.74. The van der Waals surface area contributed by atoms with E-state index in [4.69, 9.17) is 11.6 Å². The Morgan fingerprint density at radius 1 is 1.50 bits per heavy atom. The van der Waals surface area contributed by atoms with Crippen molar-refractivity contribution in [3.8, 4) is 0 Å². The molecule has 1 aromatic carbocycles. The Hall–Kier alpha value is -0.470. The summed E-state index contributed by atoms with van der Waals surface area (Å²) in [6.45, 7) is 1.98. The number of halogens is 1. The van der Waals surface area contributed by atoms with E-state index in [9.17, 15) is 4.79 Å². The van der Waals surface area contributed by atoms with E-state index < -0.39 is 0 Å². The molecule has 0 amide bonds. The van der Waals surface area contributed by atoms with Crippen LogP contribution in [0.5, 0.6) is 0 Å². The van der Waals surface area contributed by atoms with Crippen molar-refractivity contribution in [3.05, 3.63) is 29.8 Å². The highest BCUT2D eigenvalue weighted by Gasteiger charge is 2.03. The average Bonchev–Trinajstić information content (AvgIpc) is 2.09. The zero-order valence-electron chi connectivity index (χ0n) is 6.71. The first-order valence-corrected chi connectivity index (χ1v) is 4.91. The summed E-state index contributed by atoms with van der Waals surface area (Å²) in [5.41, 5.74) is 1.11. The lowest BCUT2D eigenvalue weighted by atomic mass is 10.2. The number of alkyl halides is 1. The second-order valence-electron chi connectivity index (χ2n) is 2.37. The van der Waals surface area contributed by atoms with E-state index in [0.717, 1.165) is 10.5 Å². The smallest absolute Gasteiger partial charge is 0.208 e. The van der Waals surface area contributed by atoms with E-state index >= 15 is 0 Å². The third kappa shape index (κ3) is 2.54. The third-order valence-electron chi connectivity index (χ3n) is 1.43. The highest BCUT2D eigenvalue weighted by atomic mass is 35.5. The highest BCUT2D eigenvalue weighted by molar-refractivity contribution is 8.13. The first-order valence-electron chi connectivity index (χ1n) is 3.56. The molecule has 12 heavy (non-hydrogen) atoms. The molecule has 0 aliphatic carbocycles. The minimum absolute atomic E-state index is 0.00836. The minimum Gasteiger partial charge on any atom is -0.285 e. The van der Waals surface area contributed by atoms with Crippen molar-refractivity contribution < 1.29 is 4.79 Å². The molecule has 0 heterocycles. The molecule has 0 aliphatic rings. The highest BCUT2D eigenvalue weighted by Crippen LogP contribution is 2.22. The topological polar surface area (TPSA) is 17.1 Å². The zero-order chi connectivity index (χ0) is 8.97.